The monoisotopic (exact) mass is 413 g/mol. The third-order valence-electron chi connectivity index (χ3n) is 5.00. The molecule has 1 atom stereocenters. The second-order valence-corrected chi connectivity index (χ2v) is 7.15. The molecule has 0 aliphatic carbocycles. The number of hydrazone groups is 1. The average Bonchev–Trinajstić information content (AvgIpc) is 3.48. The molecule has 0 fully saturated rings. The van der Waals surface area contributed by atoms with Gasteiger partial charge in [-0.25, -0.2) is 9.80 Å². The first-order valence-corrected chi connectivity index (χ1v) is 9.72. The van der Waals surface area contributed by atoms with Crippen molar-refractivity contribution in [1.82, 2.24) is 5.01 Å². The lowest BCUT2D eigenvalue weighted by atomic mass is 10.0. The van der Waals surface area contributed by atoms with E-state index in [4.69, 9.17) is 14.4 Å². The van der Waals surface area contributed by atoms with Gasteiger partial charge in [0.25, 0.3) is 5.91 Å². The summed E-state index contributed by atoms with van der Waals surface area (Å²) in [5.41, 5.74) is 3.51. The summed E-state index contributed by atoms with van der Waals surface area (Å²) in [6.07, 6.45) is 2.04. The van der Waals surface area contributed by atoms with Crippen LogP contribution in [0.5, 0.6) is 0 Å². The van der Waals surface area contributed by atoms with Crippen molar-refractivity contribution in [1.29, 1.82) is 5.26 Å². The summed E-state index contributed by atoms with van der Waals surface area (Å²) in [5.74, 6) is -0.488. The Kier molecular flexibility index (Phi) is 5.63. The zero-order valence-corrected chi connectivity index (χ0v) is 16.8. The number of aryl methyl sites for hydroxylation is 1. The molecule has 1 amide bonds. The third-order valence-corrected chi connectivity index (χ3v) is 5.00. The van der Waals surface area contributed by atoms with Gasteiger partial charge in [-0.15, -0.1) is 0 Å². The highest BCUT2D eigenvalue weighted by Gasteiger charge is 2.35. The average molecular weight is 413 g/mol. The van der Waals surface area contributed by atoms with E-state index in [0.29, 0.717) is 17.7 Å². The molecular weight excluding hydrogens is 394 g/mol. The highest BCUT2D eigenvalue weighted by atomic mass is 16.5. The van der Waals surface area contributed by atoms with Crippen molar-refractivity contribution in [3.8, 4) is 6.07 Å². The minimum absolute atomic E-state index is 0.264. The SMILES string of the molecule is Cc1ccc(C2=NN(C(=O)COC(=O)c3ccc(C#N)cc3)[C@H](c3ccco3)C2)cc1. The molecule has 2 aromatic carbocycles. The topological polar surface area (TPSA) is 95.9 Å². The Hall–Kier alpha value is -4.18. The van der Waals surface area contributed by atoms with Crippen molar-refractivity contribution in [2.75, 3.05) is 6.61 Å². The largest absolute Gasteiger partial charge is 0.467 e. The third kappa shape index (κ3) is 4.38. The summed E-state index contributed by atoms with van der Waals surface area (Å²) >= 11 is 0. The van der Waals surface area contributed by atoms with Crippen LogP contribution in [0, 0.1) is 18.3 Å². The van der Waals surface area contributed by atoms with Gasteiger partial charge >= 0.3 is 5.97 Å². The van der Waals surface area contributed by atoms with Crippen LogP contribution < -0.4 is 0 Å². The predicted octanol–water partition coefficient (Wildman–Crippen LogP) is 3.99. The van der Waals surface area contributed by atoms with Crippen LogP contribution in [0.25, 0.3) is 0 Å². The number of furan rings is 1. The first-order chi connectivity index (χ1) is 15.0. The maximum absolute atomic E-state index is 12.9. The maximum atomic E-state index is 12.9. The van der Waals surface area contributed by atoms with E-state index in [1.54, 1.807) is 18.4 Å². The standard InChI is InChI=1S/C24H19N3O4/c1-16-4-8-18(9-5-16)20-13-21(22-3-2-12-30-22)27(26-20)23(28)15-31-24(29)19-10-6-17(14-25)7-11-19/h2-12,21H,13,15H2,1H3/t21-/m0/s1. The van der Waals surface area contributed by atoms with Gasteiger partial charge in [0.2, 0.25) is 0 Å². The van der Waals surface area contributed by atoms with E-state index in [0.717, 1.165) is 16.8 Å². The predicted molar refractivity (Wildman–Crippen MR) is 112 cm³/mol. The Balaban J connectivity index is 1.49. The molecule has 1 aromatic heterocycles. The first-order valence-electron chi connectivity index (χ1n) is 9.72. The van der Waals surface area contributed by atoms with Crippen LogP contribution >= 0.6 is 0 Å². The number of nitriles is 1. The number of benzene rings is 2. The second kappa shape index (κ2) is 8.67. The second-order valence-electron chi connectivity index (χ2n) is 7.15. The molecule has 0 bridgehead atoms. The van der Waals surface area contributed by atoms with Crippen LogP contribution in [-0.4, -0.2) is 29.2 Å². The molecule has 1 aliphatic heterocycles. The van der Waals surface area contributed by atoms with E-state index < -0.39 is 24.5 Å². The lowest BCUT2D eigenvalue weighted by Crippen LogP contribution is -2.31. The van der Waals surface area contributed by atoms with Crippen molar-refractivity contribution in [2.24, 2.45) is 5.10 Å². The maximum Gasteiger partial charge on any atom is 0.338 e. The molecule has 0 saturated carbocycles. The van der Waals surface area contributed by atoms with Gasteiger partial charge in [-0.3, -0.25) is 4.79 Å². The highest BCUT2D eigenvalue weighted by molar-refractivity contribution is 6.03. The van der Waals surface area contributed by atoms with Crippen LogP contribution in [0.1, 0.15) is 45.3 Å². The smallest absolute Gasteiger partial charge is 0.338 e. The molecule has 154 valence electrons. The molecule has 0 N–H and O–H groups in total. The van der Waals surface area contributed by atoms with Crippen LogP contribution in [0.4, 0.5) is 0 Å². The molecule has 3 aromatic rings. The van der Waals surface area contributed by atoms with E-state index in [1.165, 1.54) is 29.3 Å². The fourth-order valence-electron chi connectivity index (χ4n) is 3.32. The summed E-state index contributed by atoms with van der Waals surface area (Å²) in [7, 11) is 0. The van der Waals surface area contributed by atoms with Crippen LogP contribution in [0.2, 0.25) is 0 Å². The van der Waals surface area contributed by atoms with Gasteiger partial charge in [-0.2, -0.15) is 10.4 Å². The number of ether oxygens (including phenoxy) is 1. The lowest BCUT2D eigenvalue weighted by molar-refractivity contribution is -0.136. The zero-order valence-electron chi connectivity index (χ0n) is 16.8. The summed E-state index contributed by atoms with van der Waals surface area (Å²) in [6, 6.07) is 19.0. The summed E-state index contributed by atoms with van der Waals surface area (Å²) in [6.45, 7) is 1.55. The quantitative estimate of drug-likeness (QED) is 0.589. The van der Waals surface area contributed by atoms with Crippen molar-refractivity contribution >= 4 is 17.6 Å². The normalized spacial score (nSPS) is 15.3. The van der Waals surface area contributed by atoms with E-state index in [-0.39, 0.29) is 5.56 Å². The van der Waals surface area contributed by atoms with Gasteiger partial charge in [0.05, 0.1) is 29.2 Å². The Labute approximate surface area is 179 Å². The minimum Gasteiger partial charge on any atom is -0.467 e. The number of carbonyl (C=O) groups is 2. The molecule has 1 aliphatic rings. The lowest BCUT2D eigenvalue weighted by Gasteiger charge is -2.19. The number of esters is 1. The first kappa shape index (κ1) is 20.1. The number of carbonyl (C=O) groups excluding carboxylic acids is 2. The van der Waals surface area contributed by atoms with Gasteiger partial charge < -0.3 is 9.15 Å². The Bertz CT molecular complexity index is 1160. The molecule has 0 spiro atoms. The Morgan fingerprint density at radius 2 is 1.90 bits per heavy atom. The van der Waals surface area contributed by atoms with Crippen LogP contribution in [0.15, 0.2) is 76.4 Å². The number of nitrogens with zero attached hydrogens (tertiary/aromatic N) is 3. The molecule has 7 nitrogen and oxygen atoms in total. The van der Waals surface area contributed by atoms with E-state index in [2.05, 4.69) is 5.10 Å². The van der Waals surface area contributed by atoms with E-state index >= 15 is 0 Å². The Morgan fingerprint density at radius 1 is 1.16 bits per heavy atom. The fourth-order valence-corrected chi connectivity index (χ4v) is 3.32. The van der Waals surface area contributed by atoms with Crippen LogP contribution in [0.3, 0.4) is 0 Å². The number of rotatable bonds is 5. The fraction of sp³-hybridized carbons (Fsp3) is 0.167. The van der Waals surface area contributed by atoms with Crippen LogP contribution in [-0.2, 0) is 9.53 Å². The number of amides is 1. The summed E-state index contributed by atoms with van der Waals surface area (Å²) in [5, 5.41) is 14.7. The number of hydrogen-bond acceptors (Lipinski definition) is 6. The van der Waals surface area contributed by atoms with Gasteiger partial charge in [-0.1, -0.05) is 29.8 Å². The Morgan fingerprint density at radius 3 is 2.55 bits per heavy atom. The van der Waals surface area contributed by atoms with Crippen molar-refractivity contribution < 1.29 is 18.7 Å². The van der Waals surface area contributed by atoms with Gasteiger partial charge in [0, 0.05) is 6.42 Å². The summed E-state index contributed by atoms with van der Waals surface area (Å²) < 4.78 is 10.7. The molecule has 0 radical (unpaired) electrons. The molecule has 2 heterocycles. The van der Waals surface area contributed by atoms with Gasteiger partial charge in [-0.05, 0) is 48.9 Å². The zero-order chi connectivity index (χ0) is 21.8. The molecule has 4 rings (SSSR count). The number of hydrogen-bond donors (Lipinski definition) is 0. The highest BCUT2D eigenvalue weighted by Crippen LogP contribution is 2.33. The minimum atomic E-state index is -0.644. The van der Waals surface area contributed by atoms with Gasteiger partial charge in [0.1, 0.15) is 11.8 Å². The molecule has 7 heteroatoms. The van der Waals surface area contributed by atoms with E-state index in [1.807, 2.05) is 37.3 Å². The molecular formula is C24H19N3O4. The van der Waals surface area contributed by atoms with Crippen molar-refractivity contribution in [3.63, 3.8) is 0 Å². The van der Waals surface area contributed by atoms with Gasteiger partial charge in [0.15, 0.2) is 6.61 Å². The molecule has 0 saturated heterocycles. The molecule has 31 heavy (non-hydrogen) atoms. The van der Waals surface area contributed by atoms with E-state index in [9.17, 15) is 9.59 Å². The van der Waals surface area contributed by atoms with Crippen molar-refractivity contribution in [2.45, 2.75) is 19.4 Å². The van der Waals surface area contributed by atoms with Crippen molar-refractivity contribution in [3.05, 3.63) is 94.9 Å². The summed E-state index contributed by atoms with van der Waals surface area (Å²) in [4.78, 5) is 25.1. The molecule has 0 unspecified atom stereocenters.